The Bertz CT molecular complexity index is 1410. The van der Waals surface area contributed by atoms with Crippen molar-refractivity contribution in [1.82, 2.24) is 10.3 Å². The minimum Gasteiger partial charge on any atom is -0.493 e. The Labute approximate surface area is 262 Å². The molecule has 0 fully saturated rings. The summed E-state index contributed by atoms with van der Waals surface area (Å²) < 4.78 is 16.4. The predicted octanol–water partition coefficient (Wildman–Crippen LogP) is 6.85. The van der Waals surface area contributed by atoms with Crippen LogP contribution in [0.2, 0.25) is 10.0 Å². The van der Waals surface area contributed by atoms with Crippen molar-refractivity contribution < 1.29 is 28.6 Å². The van der Waals surface area contributed by atoms with Crippen LogP contribution < -0.4 is 15.0 Å². The number of pyridine rings is 1. The number of anilines is 1. The van der Waals surface area contributed by atoms with Crippen LogP contribution in [0.4, 0.5) is 10.6 Å². The number of carbonyl (C=O) groups excluding carboxylic acids is 3. The Morgan fingerprint density at radius 3 is 2.19 bits per heavy atom. The standard InChI is InChI=1S/C32H37Cl2N3O6/c1-7-21(25-12-9-13-27(35-25)37(5)31(40)43-32(2,3)4)19-42-22-16-14-20(15-17-22)18-26(30(39)41-6)36-29(38)28-23(33)10-8-11-24(28)34/h8-17,21,26H,7,18-19H2,1-6H3,(H,36,38)/t21?,26-/m0/s1. The van der Waals surface area contributed by atoms with Gasteiger partial charge in [-0.2, -0.15) is 0 Å². The van der Waals surface area contributed by atoms with Gasteiger partial charge in [-0.05, 0) is 69.2 Å². The molecule has 43 heavy (non-hydrogen) atoms. The number of carbonyl (C=O) groups is 3. The summed E-state index contributed by atoms with van der Waals surface area (Å²) in [5, 5.41) is 3.03. The van der Waals surface area contributed by atoms with Crippen LogP contribution in [-0.2, 0) is 20.7 Å². The molecule has 0 aliphatic rings. The van der Waals surface area contributed by atoms with E-state index in [0.717, 1.165) is 17.7 Å². The molecule has 2 aromatic carbocycles. The van der Waals surface area contributed by atoms with Crippen molar-refractivity contribution >= 4 is 47.0 Å². The van der Waals surface area contributed by atoms with Gasteiger partial charge in [-0.1, -0.05) is 54.4 Å². The Morgan fingerprint density at radius 2 is 1.60 bits per heavy atom. The highest BCUT2D eigenvalue weighted by Crippen LogP contribution is 2.26. The molecule has 0 bridgehead atoms. The summed E-state index contributed by atoms with van der Waals surface area (Å²) in [6.45, 7) is 7.84. The maximum absolute atomic E-state index is 12.9. The molecule has 2 atom stereocenters. The number of methoxy groups -OCH3 is 1. The number of halogens is 2. The summed E-state index contributed by atoms with van der Waals surface area (Å²) in [6.07, 6.45) is 0.462. The van der Waals surface area contributed by atoms with E-state index in [9.17, 15) is 14.4 Å². The predicted molar refractivity (Wildman–Crippen MR) is 167 cm³/mol. The number of hydrogen-bond donors (Lipinski definition) is 1. The Kier molecular flexibility index (Phi) is 11.8. The molecular formula is C32H37Cl2N3O6. The van der Waals surface area contributed by atoms with Crippen LogP contribution in [0.25, 0.3) is 0 Å². The number of nitrogens with one attached hydrogen (secondary N) is 1. The van der Waals surface area contributed by atoms with Gasteiger partial charge < -0.3 is 19.5 Å². The lowest BCUT2D eigenvalue weighted by Crippen LogP contribution is -2.43. The lowest BCUT2D eigenvalue weighted by atomic mass is 10.0. The van der Waals surface area contributed by atoms with E-state index in [2.05, 4.69) is 10.3 Å². The number of nitrogens with zero attached hydrogens (tertiary/aromatic N) is 2. The summed E-state index contributed by atoms with van der Waals surface area (Å²) >= 11 is 12.3. The van der Waals surface area contributed by atoms with Gasteiger partial charge in [-0.25, -0.2) is 14.6 Å². The first-order valence-electron chi connectivity index (χ1n) is 13.8. The third-order valence-electron chi connectivity index (χ3n) is 6.47. The molecule has 1 aromatic heterocycles. The number of ether oxygens (including phenoxy) is 3. The number of rotatable bonds is 11. The van der Waals surface area contributed by atoms with E-state index in [1.807, 2.05) is 52.0 Å². The van der Waals surface area contributed by atoms with Crippen LogP contribution in [-0.4, -0.2) is 55.4 Å². The summed E-state index contributed by atoms with van der Waals surface area (Å²) in [5.41, 5.74) is 1.05. The van der Waals surface area contributed by atoms with E-state index in [1.165, 1.54) is 12.0 Å². The molecule has 1 N–H and O–H groups in total. The Balaban J connectivity index is 1.65. The van der Waals surface area contributed by atoms with E-state index >= 15 is 0 Å². The third-order valence-corrected chi connectivity index (χ3v) is 7.10. The second-order valence-electron chi connectivity index (χ2n) is 10.9. The van der Waals surface area contributed by atoms with E-state index in [-0.39, 0.29) is 27.9 Å². The van der Waals surface area contributed by atoms with Gasteiger partial charge in [0.05, 0.1) is 29.3 Å². The first kappa shape index (κ1) is 33.7. The fourth-order valence-corrected chi connectivity index (χ4v) is 4.69. The molecule has 9 nitrogen and oxygen atoms in total. The van der Waals surface area contributed by atoms with E-state index in [4.69, 9.17) is 37.4 Å². The van der Waals surface area contributed by atoms with Gasteiger partial charge in [0.1, 0.15) is 23.2 Å². The van der Waals surface area contributed by atoms with Crippen LogP contribution in [0.15, 0.2) is 60.7 Å². The van der Waals surface area contributed by atoms with Crippen molar-refractivity contribution in [3.05, 3.63) is 87.5 Å². The molecule has 0 spiro atoms. The van der Waals surface area contributed by atoms with Crippen LogP contribution >= 0.6 is 23.2 Å². The molecule has 3 aromatic rings. The fraction of sp³-hybridized carbons (Fsp3) is 0.375. The van der Waals surface area contributed by atoms with Crippen molar-refractivity contribution in [2.75, 3.05) is 25.7 Å². The number of esters is 1. The van der Waals surface area contributed by atoms with Gasteiger partial charge in [-0.3, -0.25) is 9.69 Å². The molecule has 11 heteroatoms. The Hall–Kier alpha value is -3.82. The molecular weight excluding hydrogens is 593 g/mol. The monoisotopic (exact) mass is 629 g/mol. The van der Waals surface area contributed by atoms with Crippen molar-refractivity contribution in [2.24, 2.45) is 0 Å². The molecule has 1 unspecified atom stereocenters. The van der Waals surface area contributed by atoms with Crippen molar-refractivity contribution in [3.63, 3.8) is 0 Å². The first-order chi connectivity index (χ1) is 20.3. The number of benzene rings is 2. The zero-order chi connectivity index (χ0) is 31.7. The van der Waals surface area contributed by atoms with E-state index < -0.39 is 29.6 Å². The maximum atomic E-state index is 12.9. The summed E-state index contributed by atoms with van der Waals surface area (Å²) in [6, 6.07) is 16.5. The highest BCUT2D eigenvalue weighted by atomic mass is 35.5. The van der Waals surface area contributed by atoms with Crippen LogP contribution in [0.1, 0.15) is 61.6 Å². The highest BCUT2D eigenvalue weighted by Gasteiger charge is 2.25. The number of amides is 2. The largest absolute Gasteiger partial charge is 0.493 e. The topological polar surface area (TPSA) is 107 Å². The smallest absolute Gasteiger partial charge is 0.415 e. The molecule has 2 amide bonds. The molecule has 0 radical (unpaired) electrons. The highest BCUT2D eigenvalue weighted by molar-refractivity contribution is 6.39. The molecule has 0 saturated carbocycles. The average molecular weight is 631 g/mol. The van der Waals surface area contributed by atoms with Gasteiger partial charge in [0.15, 0.2) is 0 Å². The number of aromatic nitrogens is 1. The lowest BCUT2D eigenvalue weighted by molar-refractivity contribution is -0.142. The normalized spacial score (nSPS) is 12.6. The van der Waals surface area contributed by atoms with Crippen LogP contribution in [0, 0.1) is 0 Å². The van der Waals surface area contributed by atoms with Gasteiger partial charge in [0.25, 0.3) is 5.91 Å². The summed E-state index contributed by atoms with van der Waals surface area (Å²) in [5.74, 6) is -0.0900. The lowest BCUT2D eigenvalue weighted by Gasteiger charge is -2.25. The van der Waals surface area contributed by atoms with Gasteiger partial charge in [-0.15, -0.1) is 0 Å². The van der Waals surface area contributed by atoms with E-state index in [0.29, 0.717) is 18.2 Å². The van der Waals surface area contributed by atoms with Gasteiger partial charge >= 0.3 is 12.1 Å². The molecule has 3 rings (SSSR count). The van der Waals surface area contributed by atoms with Crippen molar-refractivity contribution in [3.8, 4) is 5.75 Å². The van der Waals surface area contributed by atoms with Crippen LogP contribution in [0.5, 0.6) is 5.75 Å². The van der Waals surface area contributed by atoms with E-state index in [1.54, 1.807) is 43.4 Å². The second-order valence-corrected chi connectivity index (χ2v) is 11.7. The maximum Gasteiger partial charge on any atom is 0.415 e. The zero-order valence-corrected chi connectivity index (χ0v) is 26.7. The minimum atomic E-state index is -0.960. The quantitative estimate of drug-likeness (QED) is 0.231. The van der Waals surface area contributed by atoms with Gasteiger partial charge in [0, 0.05) is 25.1 Å². The van der Waals surface area contributed by atoms with Crippen molar-refractivity contribution in [1.29, 1.82) is 0 Å². The minimum absolute atomic E-state index is 0.0257. The van der Waals surface area contributed by atoms with Gasteiger partial charge in [0.2, 0.25) is 0 Å². The fourth-order valence-electron chi connectivity index (χ4n) is 4.13. The summed E-state index contributed by atoms with van der Waals surface area (Å²) in [7, 11) is 2.88. The number of hydrogen-bond acceptors (Lipinski definition) is 7. The third kappa shape index (κ3) is 9.59. The SMILES string of the molecule is CCC(COc1ccc(C[C@H](NC(=O)c2c(Cl)cccc2Cl)C(=O)OC)cc1)c1cccc(N(C)C(=O)OC(C)(C)C)n1. The zero-order valence-electron chi connectivity index (χ0n) is 25.1. The summed E-state index contributed by atoms with van der Waals surface area (Å²) in [4.78, 5) is 43.9. The van der Waals surface area contributed by atoms with Crippen molar-refractivity contribution in [2.45, 2.75) is 58.1 Å². The Morgan fingerprint density at radius 1 is 0.977 bits per heavy atom. The molecule has 0 saturated heterocycles. The average Bonchev–Trinajstić information content (AvgIpc) is 2.96. The first-order valence-corrected chi connectivity index (χ1v) is 14.6. The molecule has 0 aliphatic carbocycles. The van der Waals surface area contributed by atoms with Crippen LogP contribution in [0.3, 0.4) is 0 Å². The second kappa shape index (κ2) is 15.1. The molecule has 230 valence electrons. The molecule has 1 heterocycles. The molecule has 0 aliphatic heterocycles.